The average Bonchev–Trinajstić information content (AvgIpc) is 3.03. The van der Waals surface area contributed by atoms with Gasteiger partial charge in [0.05, 0.1) is 13.7 Å². The van der Waals surface area contributed by atoms with E-state index in [-0.39, 0.29) is 18.4 Å². The summed E-state index contributed by atoms with van der Waals surface area (Å²) in [4.78, 5) is 30.9. The van der Waals surface area contributed by atoms with Crippen LogP contribution in [0.1, 0.15) is 37.7 Å². The van der Waals surface area contributed by atoms with Crippen molar-refractivity contribution in [3.8, 4) is 5.75 Å². The molecule has 0 spiro atoms. The first-order chi connectivity index (χ1) is 13.2. The highest BCUT2D eigenvalue weighted by molar-refractivity contribution is 5.85. The number of amides is 2. The van der Waals surface area contributed by atoms with Crippen molar-refractivity contribution in [1.82, 2.24) is 14.7 Å². The van der Waals surface area contributed by atoms with Gasteiger partial charge in [-0.2, -0.15) is 0 Å². The first-order valence-corrected chi connectivity index (χ1v) is 10.1. The summed E-state index contributed by atoms with van der Waals surface area (Å²) in [5.74, 6) is 1.10. The molecule has 2 saturated heterocycles. The maximum Gasteiger partial charge on any atom is 0.242 e. The maximum atomic E-state index is 12.7. The van der Waals surface area contributed by atoms with Gasteiger partial charge in [0.1, 0.15) is 5.75 Å². The lowest BCUT2D eigenvalue weighted by Gasteiger charge is -2.26. The van der Waals surface area contributed by atoms with Crippen LogP contribution in [0.4, 0.5) is 0 Å². The quantitative estimate of drug-likeness (QED) is 0.793. The fourth-order valence-electron chi connectivity index (χ4n) is 3.84. The van der Waals surface area contributed by atoms with E-state index in [0.717, 1.165) is 70.7 Å². The molecule has 2 aliphatic rings. The van der Waals surface area contributed by atoms with Gasteiger partial charge in [0.15, 0.2) is 0 Å². The van der Waals surface area contributed by atoms with Crippen molar-refractivity contribution >= 4 is 11.8 Å². The van der Waals surface area contributed by atoms with Crippen molar-refractivity contribution in [2.45, 2.75) is 38.6 Å². The number of hydrogen-bond acceptors (Lipinski definition) is 4. The minimum absolute atomic E-state index is 0.0940. The summed E-state index contributed by atoms with van der Waals surface area (Å²) in [6.07, 6.45) is 4.60. The summed E-state index contributed by atoms with van der Waals surface area (Å²) in [6, 6.07) is 8.16. The third-order valence-electron chi connectivity index (χ3n) is 5.50. The molecule has 0 atom stereocenters. The van der Waals surface area contributed by atoms with Gasteiger partial charge in [-0.1, -0.05) is 18.6 Å². The van der Waals surface area contributed by atoms with Crippen LogP contribution in [0.15, 0.2) is 24.3 Å². The van der Waals surface area contributed by atoms with Crippen molar-refractivity contribution in [2.75, 3.05) is 46.4 Å². The molecule has 0 aromatic heterocycles. The topological polar surface area (TPSA) is 53.1 Å². The second kappa shape index (κ2) is 9.74. The van der Waals surface area contributed by atoms with E-state index in [2.05, 4.69) is 17.0 Å². The number of ether oxygens (including phenoxy) is 1. The van der Waals surface area contributed by atoms with Crippen LogP contribution in [0.5, 0.6) is 5.75 Å². The van der Waals surface area contributed by atoms with Gasteiger partial charge in [0.2, 0.25) is 11.8 Å². The average molecular weight is 373 g/mol. The molecule has 0 unspecified atom stereocenters. The van der Waals surface area contributed by atoms with E-state index in [0.29, 0.717) is 6.42 Å². The Hall–Kier alpha value is -2.08. The van der Waals surface area contributed by atoms with Crippen LogP contribution in [0.3, 0.4) is 0 Å². The first kappa shape index (κ1) is 19.7. The van der Waals surface area contributed by atoms with Crippen LogP contribution in [0.25, 0.3) is 0 Å². The standard InChI is InChI=1S/C21H31N3O3/c1-27-19-9-7-18(8-10-19)16-22-11-5-13-23(15-14-22)21(26)17-24-12-4-2-3-6-20(24)25/h7-10H,2-6,11-17H2,1H3. The van der Waals surface area contributed by atoms with E-state index in [1.807, 2.05) is 17.0 Å². The number of benzene rings is 1. The SMILES string of the molecule is COc1ccc(CN2CCCN(C(=O)CN3CCCCCC3=O)CC2)cc1. The van der Waals surface area contributed by atoms with E-state index in [4.69, 9.17) is 4.74 Å². The molecule has 2 amide bonds. The number of methoxy groups -OCH3 is 1. The lowest BCUT2D eigenvalue weighted by Crippen LogP contribution is -2.44. The van der Waals surface area contributed by atoms with E-state index in [1.165, 1.54) is 5.56 Å². The van der Waals surface area contributed by atoms with Gasteiger partial charge in [-0.05, 0) is 37.0 Å². The molecule has 3 rings (SSSR count). The second-order valence-corrected chi connectivity index (χ2v) is 7.48. The van der Waals surface area contributed by atoms with Crippen molar-refractivity contribution < 1.29 is 14.3 Å². The van der Waals surface area contributed by atoms with Crippen LogP contribution in [-0.4, -0.2) is 72.9 Å². The largest absolute Gasteiger partial charge is 0.497 e. The normalized spacial score (nSPS) is 19.5. The smallest absolute Gasteiger partial charge is 0.242 e. The summed E-state index contributed by atoms with van der Waals surface area (Å²) >= 11 is 0. The van der Waals surface area contributed by atoms with Gasteiger partial charge < -0.3 is 14.5 Å². The molecule has 1 aromatic rings. The number of hydrogen-bond donors (Lipinski definition) is 0. The lowest BCUT2D eigenvalue weighted by molar-refractivity contribution is -0.140. The number of carbonyl (C=O) groups is 2. The highest BCUT2D eigenvalue weighted by Crippen LogP contribution is 2.15. The van der Waals surface area contributed by atoms with Gasteiger partial charge in [-0.25, -0.2) is 0 Å². The monoisotopic (exact) mass is 373 g/mol. The van der Waals surface area contributed by atoms with Crippen LogP contribution in [0, 0.1) is 0 Å². The Balaban J connectivity index is 1.49. The van der Waals surface area contributed by atoms with Gasteiger partial charge in [0, 0.05) is 45.7 Å². The number of likely N-dealkylation sites (tertiary alicyclic amines) is 1. The van der Waals surface area contributed by atoms with Gasteiger partial charge in [-0.3, -0.25) is 14.5 Å². The maximum absolute atomic E-state index is 12.7. The summed E-state index contributed by atoms with van der Waals surface area (Å²) < 4.78 is 5.21. The third-order valence-corrected chi connectivity index (χ3v) is 5.50. The highest BCUT2D eigenvalue weighted by Gasteiger charge is 2.24. The third kappa shape index (κ3) is 5.70. The summed E-state index contributed by atoms with van der Waals surface area (Å²) in [6.45, 7) is 5.22. The zero-order valence-electron chi connectivity index (χ0n) is 16.4. The molecule has 6 heteroatoms. The molecule has 2 heterocycles. The van der Waals surface area contributed by atoms with E-state index in [9.17, 15) is 9.59 Å². The molecule has 148 valence electrons. The molecule has 0 aliphatic carbocycles. The fourth-order valence-corrected chi connectivity index (χ4v) is 3.84. The van der Waals surface area contributed by atoms with Gasteiger partial charge >= 0.3 is 0 Å². The predicted octanol–water partition coefficient (Wildman–Crippen LogP) is 2.13. The Morgan fingerprint density at radius 1 is 0.963 bits per heavy atom. The molecule has 0 radical (unpaired) electrons. The summed E-state index contributed by atoms with van der Waals surface area (Å²) in [5.41, 5.74) is 1.26. The zero-order chi connectivity index (χ0) is 19.1. The van der Waals surface area contributed by atoms with E-state index in [1.54, 1.807) is 12.0 Å². The molecule has 1 aromatic carbocycles. The molecule has 2 fully saturated rings. The second-order valence-electron chi connectivity index (χ2n) is 7.48. The Morgan fingerprint density at radius 2 is 1.78 bits per heavy atom. The Kier molecular flexibility index (Phi) is 7.10. The van der Waals surface area contributed by atoms with Gasteiger partial charge in [-0.15, -0.1) is 0 Å². The molecule has 27 heavy (non-hydrogen) atoms. The fraction of sp³-hybridized carbons (Fsp3) is 0.619. The molecular formula is C21H31N3O3. The van der Waals surface area contributed by atoms with Crippen molar-refractivity contribution in [3.63, 3.8) is 0 Å². The van der Waals surface area contributed by atoms with E-state index < -0.39 is 0 Å². The van der Waals surface area contributed by atoms with Crippen LogP contribution in [0.2, 0.25) is 0 Å². The molecular weight excluding hydrogens is 342 g/mol. The van der Waals surface area contributed by atoms with Crippen molar-refractivity contribution in [2.24, 2.45) is 0 Å². The number of carbonyl (C=O) groups excluding carboxylic acids is 2. The van der Waals surface area contributed by atoms with Crippen LogP contribution >= 0.6 is 0 Å². The van der Waals surface area contributed by atoms with E-state index >= 15 is 0 Å². The molecule has 2 aliphatic heterocycles. The summed E-state index contributed by atoms with van der Waals surface area (Å²) in [7, 11) is 1.68. The first-order valence-electron chi connectivity index (χ1n) is 10.1. The Labute approximate surface area is 162 Å². The minimum atomic E-state index is 0.0940. The van der Waals surface area contributed by atoms with Crippen molar-refractivity contribution in [1.29, 1.82) is 0 Å². The molecule has 0 saturated carbocycles. The highest BCUT2D eigenvalue weighted by atomic mass is 16.5. The van der Waals surface area contributed by atoms with Crippen molar-refractivity contribution in [3.05, 3.63) is 29.8 Å². The molecule has 6 nitrogen and oxygen atoms in total. The Morgan fingerprint density at radius 3 is 2.56 bits per heavy atom. The predicted molar refractivity (Wildman–Crippen MR) is 105 cm³/mol. The Bertz CT molecular complexity index is 632. The van der Waals surface area contributed by atoms with Crippen LogP contribution < -0.4 is 4.74 Å². The molecule has 0 bridgehead atoms. The minimum Gasteiger partial charge on any atom is -0.497 e. The van der Waals surface area contributed by atoms with Gasteiger partial charge in [0.25, 0.3) is 0 Å². The summed E-state index contributed by atoms with van der Waals surface area (Å²) in [5, 5.41) is 0. The number of nitrogens with zero attached hydrogens (tertiary/aromatic N) is 3. The molecule has 0 N–H and O–H groups in total. The zero-order valence-corrected chi connectivity index (χ0v) is 16.4. The number of rotatable bonds is 5. The lowest BCUT2D eigenvalue weighted by atomic mass is 10.2. The van der Waals surface area contributed by atoms with Crippen LogP contribution in [-0.2, 0) is 16.1 Å².